The van der Waals surface area contributed by atoms with Crippen LogP contribution in [-0.2, 0) is 6.54 Å². The number of nitrogens with one attached hydrogen (secondary N) is 1. The lowest BCUT2D eigenvalue weighted by Gasteiger charge is -2.14. The van der Waals surface area contributed by atoms with Gasteiger partial charge in [-0.05, 0) is 53.0 Å². The molecular weight excluding hydrogens is 330 g/mol. The highest BCUT2D eigenvalue weighted by molar-refractivity contribution is 9.10. The summed E-state index contributed by atoms with van der Waals surface area (Å²) in [4.78, 5) is 0. The number of phenolic OH excluding ortho intramolecular Hbond substituents is 1. The summed E-state index contributed by atoms with van der Waals surface area (Å²) < 4.78 is 6.48. The summed E-state index contributed by atoms with van der Waals surface area (Å²) in [7, 11) is 0. The quantitative estimate of drug-likeness (QED) is 0.781. The van der Waals surface area contributed by atoms with Gasteiger partial charge < -0.3 is 15.2 Å². The Morgan fingerprint density at radius 1 is 1.24 bits per heavy atom. The van der Waals surface area contributed by atoms with Crippen molar-refractivity contribution < 1.29 is 9.84 Å². The van der Waals surface area contributed by atoms with E-state index in [9.17, 15) is 5.11 Å². The number of aryl methyl sites for hydroxylation is 1. The summed E-state index contributed by atoms with van der Waals surface area (Å²) in [5.74, 6) is 1.12. The fourth-order valence-corrected chi connectivity index (χ4v) is 2.41. The molecule has 0 spiro atoms. The Balaban J connectivity index is 2.14. The topological polar surface area (TPSA) is 41.5 Å². The highest BCUT2D eigenvalue weighted by Gasteiger charge is 2.07. The van der Waals surface area contributed by atoms with E-state index < -0.39 is 0 Å². The third-order valence-electron chi connectivity index (χ3n) is 3.14. The Labute approximate surface area is 134 Å². The van der Waals surface area contributed by atoms with E-state index in [4.69, 9.17) is 4.74 Å². The molecule has 0 unspecified atom stereocenters. The average Bonchev–Trinajstić information content (AvgIpc) is 2.48. The van der Waals surface area contributed by atoms with E-state index >= 15 is 0 Å². The van der Waals surface area contributed by atoms with Crippen molar-refractivity contribution in [3.05, 3.63) is 52.0 Å². The Bertz CT molecular complexity index is 614. The zero-order chi connectivity index (χ0) is 15.2. The van der Waals surface area contributed by atoms with Gasteiger partial charge >= 0.3 is 0 Å². The minimum Gasteiger partial charge on any atom is -0.506 e. The maximum absolute atomic E-state index is 10.0. The molecule has 112 valence electrons. The normalized spacial score (nSPS) is 10.4. The maximum atomic E-state index is 10.0. The first-order chi connectivity index (χ1) is 10.1. The van der Waals surface area contributed by atoms with Crippen molar-refractivity contribution in [2.24, 2.45) is 0 Å². The van der Waals surface area contributed by atoms with Crippen LogP contribution in [0.2, 0.25) is 0 Å². The first kappa shape index (κ1) is 15.7. The van der Waals surface area contributed by atoms with E-state index in [1.807, 2.05) is 43.3 Å². The fourth-order valence-electron chi connectivity index (χ4n) is 2.00. The molecule has 3 nitrogen and oxygen atoms in total. The molecule has 21 heavy (non-hydrogen) atoms. The second-order valence-electron chi connectivity index (χ2n) is 4.95. The molecule has 0 aliphatic heterocycles. The van der Waals surface area contributed by atoms with Crippen LogP contribution in [-0.4, -0.2) is 11.7 Å². The van der Waals surface area contributed by atoms with Gasteiger partial charge in [0.05, 0.1) is 16.8 Å². The molecule has 0 amide bonds. The standard InChI is InChI=1S/C17H20BrNO2/c1-3-9-21-16-10-12(2)7-8-15(16)19-11-13-5-4-6-14(18)17(13)20/h4-8,10,19-20H,3,9,11H2,1-2H3. The highest BCUT2D eigenvalue weighted by Crippen LogP contribution is 2.30. The van der Waals surface area contributed by atoms with Crippen molar-refractivity contribution >= 4 is 21.6 Å². The molecule has 0 heterocycles. The van der Waals surface area contributed by atoms with Gasteiger partial charge in [0.2, 0.25) is 0 Å². The van der Waals surface area contributed by atoms with Gasteiger partial charge in [-0.3, -0.25) is 0 Å². The summed E-state index contributed by atoms with van der Waals surface area (Å²) in [5.41, 5.74) is 2.94. The predicted octanol–water partition coefficient (Wildman–Crippen LogP) is 4.86. The van der Waals surface area contributed by atoms with Gasteiger partial charge in [0.25, 0.3) is 0 Å². The van der Waals surface area contributed by atoms with Crippen molar-refractivity contribution in [2.45, 2.75) is 26.8 Å². The van der Waals surface area contributed by atoms with E-state index in [1.165, 1.54) is 0 Å². The van der Waals surface area contributed by atoms with Crippen molar-refractivity contribution in [1.29, 1.82) is 0 Å². The molecule has 0 fully saturated rings. The lowest BCUT2D eigenvalue weighted by atomic mass is 10.1. The predicted molar refractivity (Wildman–Crippen MR) is 90.1 cm³/mol. The smallest absolute Gasteiger partial charge is 0.142 e. The molecule has 0 aromatic heterocycles. The van der Waals surface area contributed by atoms with Crippen LogP contribution in [0.5, 0.6) is 11.5 Å². The molecule has 0 aliphatic carbocycles. The van der Waals surface area contributed by atoms with E-state index in [0.29, 0.717) is 17.6 Å². The molecule has 2 rings (SSSR count). The van der Waals surface area contributed by atoms with E-state index in [-0.39, 0.29) is 5.75 Å². The summed E-state index contributed by atoms with van der Waals surface area (Å²) in [6.07, 6.45) is 0.972. The van der Waals surface area contributed by atoms with Gasteiger partial charge in [0, 0.05) is 12.1 Å². The van der Waals surface area contributed by atoms with E-state index in [2.05, 4.69) is 28.2 Å². The third-order valence-corrected chi connectivity index (χ3v) is 3.78. The van der Waals surface area contributed by atoms with Crippen LogP contribution in [0.15, 0.2) is 40.9 Å². The van der Waals surface area contributed by atoms with Crippen molar-refractivity contribution in [2.75, 3.05) is 11.9 Å². The van der Waals surface area contributed by atoms with Gasteiger partial charge in [-0.15, -0.1) is 0 Å². The number of rotatable bonds is 6. The Morgan fingerprint density at radius 2 is 2.05 bits per heavy atom. The van der Waals surface area contributed by atoms with Crippen molar-refractivity contribution in [3.63, 3.8) is 0 Å². The Morgan fingerprint density at radius 3 is 2.81 bits per heavy atom. The molecular formula is C17H20BrNO2. The van der Waals surface area contributed by atoms with Gasteiger partial charge in [-0.1, -0.05) is 25.1 Å². The molecule has 0 saturated carbocycles. The van der Waals surface area contributed by atoms with Gasteiger partial charge in [0.15, 0.2) is 0 Å². The van der Waals surface area contributed by atoms with Gasteiger partial charge in [-0.25, -0.2) is 0 Å². The third kappa shape index (κ3) is 4.14. The average molecular weight is 350 g/mol. The molecule has 0 radical (unpaired) electrons. The lowest BCUT2D eigenvalue weighted by molar-refractivity contribution is 0.318. The number of phenols is 1. The molecule has 0 atom stereocenters. The molecule has 2 N–H and O–H groups in total. The minimum atomic E-state index is 0.271. The molecule has 0 saturated heterocycles. The molecule has 4 heteroatoms. The SMILES string of the molecule is CCCOc1cc(C)ccc1NCc1cccc(Br)c1O. The van der Waals surface area contributed by atoms with Crippen LogP contribution < -0.4 is 10.1 Å². The molecule has 0 aliphatic rings. The first-order valence-electron chi connectivity index (χ1n) is 7.05. The number of benzene rings is 2. The van der Waals surface area contributed by atoms with Gasteiger partial charge in [0.1, 0.15) is 11.5 Å². The van der Waals surface area contributed by atoms with Crippen LogP contribution in [0.3, 0.4) is 0 Å². The summed E-state index contributed by atoms with van der Waals surface area (Å²) in [6, 6.07) is 11.7. The Kier molecular flexibility index (Phi) is 5.51. The number of para-hydroxylation sites is 1. The van der Waals surface area contributed by atoms with Crippen molar-refractivity contribution in [3.8, 4) is 11.5 Å². The van der Waals surface area contributed by atoms with Crippen LogP contribution >= 0.6 is 15.9 Å². The number of hydrogen-bond donors (Lipinski definition) is 2. The lowest BCUT2D eigenvalue weighted by Crippen LogP contribution is -2.04. The van der Waals surface area contributed by atoms with E-state index in [1.54, 1.807) is 0 Å². The number of hydrogen-bond acceptors (Lipinski definition) is 3. The zero-order valence-corrected chi connectivity index (χ0v) is 13.9. The van der Waals surface area contributed by atoms with Crippen LogP contribution in [0.1, 0.15) is 24.5 Å². The van der Waals surface area contributed by atoms with Crippen LogP contribution in [0, 0.1) is 6.92 Å². The second kappa shape index (κ2) is 7.36. The second-order valence-corrected chi connectivity index (χ2v) is 5.80. The highest BCUT2D eigenvalue weighted by atomic mass is 79.9. The minimum absolute atomic E-state index is 0.271. The number of ether oxygens (including phenoxy) is 1. The monoisotopic (exact) mass is 349 g/mol. The summed E-state index contributed by atoms with van der Waals surface area (Å²) >= 11 is 3.33. The number of anilines is 1. The maximum Gasteiger partial charge on any atom is 0.142 e. The molecule has 2 aromatic carbocycles. The first-order valence-corrected chi connectivity index (χ1v) is 7.84. The fraction of sp³-hybridized carbons (Fsp3) is 0.294. The zero-order valence-electron chi connectivity index (χ0n) is 12.3. The van der Waals surface area contributed by atoms with Crippen LogP contribution in [0.4, 0.5) is 5.69 Å². The van der Waals surface area contributed by atoms with Crippen molar-refractivity contribution in [1.82, 2.24) is 0 Å². The molecule has 0 bridgehead atoms. The van der Waals surface area contributed by atoms with Crippen LogP contribution in [0.25, 0.3) is 0 Å². The summed E-state index contributed by atoms with van der Waals surface area (Å²) in [6.45, 7) is 5.36. The van der Waals surface area contributed by atoms with Gasteiger partial charge in [-0.2, -0.15) is 0 Å². The Hall–Kier alpha value is -1.68. The van der Waals surface area contributed by atoms with E-state index in [0.717, 1.165) is 29.0 Å². The number of aromatic hydroxyl groups is 1. The largest absolute Gasteiger partial charge is 0.506 e. The molecule has 2 aromatic rings. The summed E-state index contributed by atoms with van der Waals surface area (Å²) in [5, 5.41) is 13.3. The number of halogens is 1.